The molecule has 1 N–H and O–H groups in total. The van der Waals surface area contributed by atoms with E-state index in [4.69, 9.17) is 14.5 Å². The van der Waals surface area contributed by atoms with Crippen LogP contribution in [0.2, 0.25) is 0 Å². The molecule has 2 fully saturated rings. The summed E-state index contributed by atoms with van der Waals surface area (Å²) in [6.07, 6.45) is 2.62. The summed E-state index contributed by atoms with van der Waals surface area (Å²) in [6.45, 7) is 10.7. The first-order chi connectivity index (χ1) is 14.7. The van der Waals surface area contributed by atoms with E-state index in [2.05, 4.69) is 42.3 Å². The first-order valence-electron chi connectivity index (χ1n) is 11.3. The molecule has 0 saturated carbocycles. The van der Waals surface area contributed by atoms with Crippen molar-refractivity contribution < 1.29 is 14.3 Å². The Labute approximate surface area is 203 Å². The summed E-state index contributed by atoms with van der Waals surface area (Å²) in [5.74, 6) is 1.06. The van der Waals surface area contributed by atoms with Crippen molar-refractivity contribution in [1.29, 1.82) is 0 Å². The van der Waals surface area contributed by atoms with E-state index in [0.29, 0.717) is 32.8 Å². The van der Waals surface area contributed by atoms with E-state index in [0.717, 1.165) is 51.5 Å². The van der Waals surface area contributed by atoms with Gasteiger partial charge in [0.1, 0.15) is 6.10 Å². The number of halogens is 1. The maximum Gasteiger partial charge on any atom is 0.251 e. The molecule has 2 saturated heterocycles. The number of guanidine groups is 1. The molecule has 0 bridgehead atoms. The third-order valence-corrected chi connectivity index (χ3v) is 5.55. The van der Waals surface area contributed by atoms with Gasteiger partial charge in [0.05, 0.1) is 13.2 Å². The molecule has 1 aromatic carbocycles. The standard InChI is InChI=1S/C23H36N4O3.HI/c1-3-15-29-18-20-9-6-5-8-19(20)17-25-23(24-4-2)27-13-11-26(12-14-27)22(28)21-10-7-16-30-21;/h5-6,8-9,21H,3-4,7,10-18H2,1-2H3,(H,24,25);1H. The lowest BCUT2D eigenvalue weighted by molar-refractivity contribution is -0.142. The van der Waals surface area contributed by atoms with Gasteiger partial charge in [0, 0.05) is 45.9 Å². The lowest BCUT2D eigenvalue weighted by Gasteiger charge is -2.37. The quantitative estimate of drug-likeness (QED) is 0.236. The second-order valence-corrected chi connectivity index (χ2v) is 7.81. The summed E-state index contributed by atoms with van der Waals surface area (Å²) in [5.41, 5.74) is 2.38. The molecule has 8 heteroatoms. The zero-order chi connectivity index (χ0) is 21.2. The number of amides is 1. The van der Waals surface area contributed by atoms with Gasteiger partial charge in [-0.2, -0.15) is 0 Å². The number of benzene rings is 1. The van der Waals surface area contributed by atoms with Gasteiger partial charge in [0.15, 0.2) is 5.96 Å². The van der Waals surface area contributed by atoms with Gasteiger partial charge >= 0.3 is 0 Å². The fraction of sp³-hybridized carbons (Fsp3) is 0.652. The van der Waals surface area contributed by atoms with Crippen LogP contribution in [0.3, 0.4) is 0 Å². The molecule has 1 amide bonds. The molecule has 1 atom stereocenters. The summed E-state index contributed by atoms with van der Waals surface area (Å²) in [6, 6.07) is 8.34. The Morgan fingerprint density at radius 1 is 1.16 bits per heavy atom. The third kappa shape index (κ3) is 7.61. The minimum Gasteiger partial charge on any atom is -0.377 e. The van der Waals surface area contributed by atoms with E-state index in [1.54, 1.807) is 0 Å². The van der Waals surface area contributed by atoms with Gasteiger partial charge in [0.25, 0.3) is 5.91 Å². The Morgan fingerprint density at radius 3 is 2.52 bits per heavy atom. The van der Waals surface area contributed by atoms with E-state index in [-0.39, 0.29) is 36.0 Å². The van der Waals surface area contributed by atoms with Crippen molar-refractivity contribution in [3.63, 3.8) is 0 Å². The van der Waals surface area contributed by atoms with E-state index in [1.807, 2.05) is 11.0 Å². The second kappa shape index (κ2) is 13.9. The van der Waals surface area contributed by atoms with Crippen LogP contribution in [-0.4, -0.2) is 73.7 Å². The van der Waals surface area contributed by atoms with Crippen molar-refractivity contribution in [2.45, 2.75) is 52.4 Å². The summed E-state index contributed by atoms with van der Waals surface area (Å²) < 4.78 is 11.3. The van der Waals surface area contributed by atoms with Crippen LogP contribution in [0, 0.1) is 0 Å². The topological polar surface area (TPSA) is 66.4 Å². The molecule has 1 unspecified atom stereocenters. The van der Waals surface area contributed by atoms with Gasteiger partial charge in [-0.15, -0.1) is 24.0 Å². The number of ether oxygens (including phenoxy) is 2. The van der Waals surface area contributed by atoms with E-state index in [9.17, 15) is 4.79 Å². The van der Waals surface area contributed by atoms with Gasteiger partial charge in [0.2, 0.25) is 0 Å². The van der Waals surface area contributed by atoms with Crippen LogP contribution >= 0.6 is 24.0 Å². The van der Waals surface area contributed by atoms with E-state index >= 15 is 0 Å². The molecular formula is C23H37IN4O3. The molecular weight excluding hydrogens is 507 g/mol. The molecule has 3 rings (SSSR count). The average molecular weight is 544 g/mol. The van der Waals surface area contributed by atoms with Gasteiger partial charge in [-0.3, -0.25) is 4.79 Å². The Balaban J connectivity index is 0.00000341. The van der Waals surface area contributed by atoms with E-state index < -0.39 is 0 Å². The van der Waals surface area contributed by atoms with Gasteiger partial charge in [-0.1, -0.05) is 31.2 Å². The molecule has 0 spiro atoms. The Morgan fingerprint density at radius 2 is 1.87 bits per heavy atom. The number of carbonyl (C=O) groups is 1. The summed E-state index contributed by atoms with van der Waals surface area (Å²) in [5, 5.41) is 3.41. The molecule has 7 nitrogen and oxygen atoms in total. The van der Waals surface area contributed by atoms with Crippen LogP contribution in [0.15, 0.2) is 29.3 Å². The molecule has 0 radical (unpaired) electrons. The Bertz CT molecular complexity index is 702. The Hall–Kier alpha value is -1.39. The highest BCUT2D eigenvalue weighted by Gasteiger charge is 2.30. The highest BCUT2D eigenvalue weighted by molar-refractivity contribution is 14.0. The molecule has 31 heavy (non-hydrogen) atoms. The molecule has 0 aliphatic carbocycles. The lowest BCUT2D eigenvalue weighted by Crippen LogP contribution is -2.55. The predicted molar refractivity (Wildman–Crippen MR) is 134 cm³/mol. The molecule has 2 aliphatic rings. The Kier molecular flexibility index (Phi) is 11.6. The summed E-state index contributed by atoms with van der Waals surface area (Å²) in [7, 11) is 0. The second-order valence-electron chi connectivity index (χ2n) is 7.81. The van der Waals surface area contributed by atoms with Crippen molar-refractivity contribution in [3.8, 4) is 0 Å². The summed E-state index contributed by atoms with van der Waals surface area (Å²) in [4.78, 5) is 21.7. The van der Waals surface area contributed by atoms with Crippen LogP contribution in [0.25, 0.3) is 0 Å². The monoisotopic (exact) mass is 544 g/mol. The fourth-order valence-corrected chi connectivity index (χ4v) is 3.88. The smallest absolute Gasteiger partial charge is 0.251 e. The first kappa shape index (κ1) is 25.9. The largest absolute Gasteiger partial charge is 0.377 e. The molecule has 0 aromatic heterocycles. The zero-order valence-corrected chi connectivity index (χ0v) is 21.2. The lowest BCUT2D eigenvalue weighted by atomic mass is 10.1. The first-order valence-corrected chi connectivity index (χ1v) is 11.3. The fourth-order valence-electron chi connectivity index (χ4n) is 3.88. The number of hydrogen-bond donors (Lipinski definition) is 1. The number of rotatable bonds is 8. The van der Waals surface area contributed by atoms with Gasteiger partial charge < -0.3 is 24.6 Å². The van der Waals surface area contributed by atoms with Crippen LogP contribution in [0.1, 0.15) is 44.2 Å². The number of nitrogens with one attached hydrogen (secondary N) is 1. The molecule has 1 aromatic rings. The van der Waals surface area contributed by atoms with Crippen LogP contribution < -0.4 is 5.32 Å². The maximum absolute atomic E-state index is 12.6. The number of hydrogen-bond acceptors (Lipinski definition) is 4. The minimum absolute atomic E-state index is 0. The zero-order valence-electron chi connectivity index (χ0n) is 18.8. The number of carbonyl (C=O) groups excluding carboxylic acids is 1. The molecule has 2 heterocycles. The minimum atomic E-state index is -0.232. The van der Waals surface area contributed by atoms with E-state index in [1.165, 1.54) is 11.1 Å². The average Bonchev–Trinajstić information content (AvgIpc) is 3.32. The number of aliphatic imine (C=N–C) groups is 1. The van der Waals surface area contributed by atoms with Crippen molar-refractivity contribution >= 4 is 35.8 Å². The van der Waals surface area contributed by atoms with Crippen LogP contribution in [0.5, 0.6) is 0 Å². The van der Waals surface area contributed by atoms with Crippen molar-refractivity contribution in [1.82, 2.24) is 15.1 Å². The summed E-state index contributed by atoms with van der Waals surface area (Å²) >= 11 is 0. The van der Waals surface area contributed by atoms with Crippen molar-refractivity contribution in [2.75, 3.05) is 45.9 Å². The highest BCUT2D eigenvalue weighted by atomic mass is 127. The van der Waals surface area contributed by atoms with Crippen molar-refractivity contribution in [3.05, 3.63) is 35.4 Å². The normalized spacial score (nSPS) is 19.3. The van der Waals surface area contributed by atoms with Crippen LogP contribution in [0.4, 0.5) is 0 Å². The predicted octanol–water partition coefficient (Wildman–Crippen LogP) is 3.02. The van der Waals surface area contributed by atoms with Crippen molar-refractivity contribution in [2.24, 2.45) is 4.99 Å². The third-order valence-electron chi connectivity index (χ3n) is 5.55. The number of nitrogens with zero attached hydrogens (tertiary/aromatic N) is 3. The maximum atomic E-state index is 12.6. The van der Waals surface area contributed by atoms with Crippen LogP contribution in [-0.2, 0) is 27.4 Å². The number of piperazine rings is 1. The SMILES string of the molecule is CCCOCc1ccccc1CN=C(NCC)N1CCN(C(=O)C2CCCO2)CC1.I. The highest BCUT2D eigenvalue weighted by Crippen LogP contribution is 2.16. The van der Waals surface area contributed by atoms with Gasteiger partial charge in [-0.25, -0.2) is 4.99 Å². The van der Waals surface area contributed by atoms with Gasteiger partial charge in [-0.05, 0) is 37.3 Å². The molecule has 174 valence electrons. The molecule has 2 aliphatic heterocycles.